The van der Waals surface area contributed by atoms with Gasteiger partial charge in [0, 0.05) is 24.2 Å². The molecule has 1 heterocycles. The molecule has 2 rings (SSSR count). The van der Waals surface area contributed by atoms with E-state index in [0.29, 0.717) is 13.0 Å². The topological polar surface area (TPSA) is 61.8 Å². The SMILES string of the molecule is O=C(Nc1ccc(Cl)cc1OCC(F)(F)F)N1CC[C@@H](O)C1. The zero-order valence-corrected chi connectivity index (χ0v) is 12.1. The van der Waals surface area contributed by atoms with Crippen LogP contribution in [0.15, 0.2) is 18.2 Å². The first-order valence-electron chi connectivity index (χ1n) is 6.48. The van der Waals surface area contributed by atoms with E-state index in [9.17, 15) is 23.1 Å². The number of rotatable bonds is 3. The summed E-state index contributed by atoms with van der Waals surface area (Å²) >= 11 is 5.73. The summed E-state index contributed by atoms with van der Waals surface area (Å²) in [4.78, 5) is 13.4. The van der Waals surface area contributed by atoms with Crippen LogP contribution in [0, 0.1) is 0 Å². The van der Waals surface area contributed by atoms with Crippen molar-refractivity contribution in [3.05, 3.63) is 23.2 Å². The van der Waals surface area contributed by atoms with Gasteiger partial charge in [-0.3, -0.25) is 0 Å². The Bertz CT molecular complexity index is 554. The smallest absolute Gasteiger partial charge is 0.422 e. The van der Waals surface area contributed by atoms with Gasteiger partial charge in [0.25, 0.3) is 0 Å². The van der Waals surface area contributed by atoms with Crippen LogP contribution in [0.5, 0.6) is 5.75 Å². The molecule has 1 aromatic rings. The van der Waals surface area contributed by atoms with Gasteiger partial charge in [-0.15, -0.1) is 0 Å². The second kappa shape index (κ2) is 6.62. The highest BCUT2D eigenvalue weighted by Gasteiger charge is 2.29. The molecule has 2 amide bonds. The summed E-state index contributed by atoms with van der Waals surface area (Å²) in [5.41, 5.74) is 0.0834. The predicted molar refractivity (Wildman–Crippen MR) is 74.2 cm³/mol. The zero-order chi connectivity index (χ0) is 16.3. The Hall–Kier alpha value is -1.67. The van der Waals surface area contributed by atoms with E-state index in [0.717, 1.165) is 0 Å². The summed E-state index contributed by atoms with van der Waals surface area (Å²) in [5.74, 6) is -0.169. The number of alkyl halides is 3. The van der Waals surface area contributed by atoms with Crippen LogP contribution in [0.25, 0.3) is 0 Å². The van der Waals surface area contributed by atoms with E-state index < -0.39 is 24.9 Å². The Labute approximate surface area is 129 Å². The third-order valence-corrected chi connectivity index (χ3v) is 3.26. The number of hydrogen-bond acceptors (Lipinski definition) is 3. The summed E-state index contributed by atoms with van der Waals surface area (Å²) in [5, 5.41) is 12.0. The molecule has 0 spiro atoms. The quantitative estimate of drug-likeness (QED) is 0.891. The number of nitrogens with one attached hydrogen (secondary N) is 1. The maximum Gasteiger partial charge on any atom is 0.422 e. The van der Waals surface area contributed by atoms with Crippen LogP contribution in [-0.4, -0.2) is 48.0 Å². The molecule has 1 fully saturated rings. The van der Waals surface area contributed by atoms with Crippen molar-refractivity contribution in [1.82, 2.24) is 4.90 Å². The predicted octanol–water partition coefficient (Wildman–Crippen LogP) is 2.88. The standard InChI is InChI=1S/C13H14ClF3N2O3/c14-8-1-2-10(11(5-8)22-7-13(15,16)17)18-12(21)19-4-3-9(20)6-19/h1-2,5,9,20H,3-4,6-7H2,(H,18,21)/t9-/m1/s1. The van der Waals surface area contributed by atoms with Crippen LogP contribution >= 0.6 is 11.6 Å². The Morgan fingerprint density at radius 3 is 2.82 bits per heavy atom. The minimum Gasteiger partial charge on any atom is -0.482 e. The fraction of sp³-hybridized carbons (Fsp3) is 0.462. The average Bonchev–Trinajstić information content (AvgIpc) is 2.85. The highest BCUT2D eigenvalue weighted by molar-refractivity contribution is 6.30. The first-order valence-corrected chi connectivity index (χ1v) is 6.85. The highest BCUT2D eigenvalue weighted by Crippen LogP contribution is 2.30. The summed E-state index contributed by atoms with van der Waals surface area (Å²) in [6, 6.07) is 3.46. The van der Waals surface area contributed by atoms with Gasteiger partial charge in [-0.1, -0.05) is 11.6 Å². The Morgan fingerprint density at radius 1 is 1.50 bits per heavy atom. The first kappa shape index (κ1) is 16.7. The maximum atomic E-state index is 12.2. The zero-order valence-electron chi connectivity index (χ0n) is 11.4. The van der Waals surface area contributed by atoms with Crippen LogP contribution in [-0.2, 0) is 0 Å². The van der Waals surface area contributed by atoms with Crippen molar-refractivity contribution in [3.8, 4) is 5.75 Å². The van der Waals surface area contributed by atoms with Gasteiger partial charge in [-0.05, 0) is 18.6 Å². The molecule has 2 N–H and O–H groups in total. The molecule has 0 unspecified atom stereocenters. The number of carbonyl (C=O) groups excluding carboxylic acids is 1. The fourth-order valence-electron chi connectivity index (χ4n) is 2.00. The molecule has 1 aliphatic heterocycles. The normalized spacial score (nSPS) is 18.4. The third-order valence-electron chi connectivity index (χ3n) is 3.03. The number of amides is 2. The number of aliphatic hydroxyl groups excluding tert-OH is 1. The molecule has 0 aliphatic carbocycles. The van der Waals surface area contributed by atoms with Gasteiger partial charge in [0.2, 0.25) is 0 Å². The van der Waals surface area contributed by atoms with Gasteiger partial charge < -0.3 is 20.1 Å². The van der Waals surface area contributed by atoms with Gasteiger partial charge in [0.1, 0.15) is 5.75 Å². The van der Waals surface area contributed by atoms with Gasteiger partial charge in [0.05, 0.1) is 11.8 Å². The molecule has 0 aromatic heterocycles. The van der Waals surface area contributed by atoms with Crippen LogP contribution < -0.4 is 10.1 Å². The number of nitrogens with zero attached hydrogens (tertiary/aromatic N) is 1. The second-order valence-electron chi connectivity index (χ2n) is 4.86. The monoisotopic (exact) mass is 338 g/mol. The van der Waals surface area contributed by atoms with Crippen LogP contribution in [0.2, 0.25) is 5.02 Å². The number of aliphatic hydroxyl groups is 1. The van der Waals surface area contributed by atoms with Crippen LogP contribution in [0.4, 0.5) is 23.7 Å². The molecule has 0 saturated carbocycles. The average molecular weight is 339 g/mol. The molecule has 0 bridgehead atoms. The molecular formula is C13H14ClF3N2O3. The number of carbonyl (C=O) groups is 1. The van der Waals surface area contributed by atoms with E-state index in [1.807, 2.05) is 0 Å². The van der Waals surface area contributed by atoms with Gasteiger partial charge in [0.15, 0.2) is 6.61 Å². The lowest BCUT2D eigenvalue weighted by Crippen LogP contribution is -2.33. The van der Waals surface area contributed by atoms with Crippen LogP contribution in [0.3, 0.4) is 0 Å². The van der Waals surface area contributed by atoms with Crippen molar-refractivity contribution in [3.63, 3.8) is 0 Å². The minimum absolute atomic E-state index is 0.0834. The van der Waals surface area contributed by atoms with E-state index in [4.69, 9.17) is 11.6 Å². The number of urea groups is 1. The Kier molecular flexibility index (Phi) is 5.02. The number of ether oxygens (including phenoxy) is 1. The third kappa shape index (κ3) is 4.67. The Balaban J connectivity index is 2.07. The number of halogens is 4. The van der Waals surface area contributed by atoms with Crippen molar-refractivity contribution in [1.29, 1.82) is 0 Å². The van der Waals surface area contributed by atoms with Crippen LogP contribution in [0.1, 0.15) is 6.42 Å². The molecule has 1 atom stereocenters. The van der Waals surface area contributed by atoms with Gasteiger partial charge in [-0.25, -0.2) is 4.79 Å². The lowest BCUT2D eigenvalue weighted by atomic mass is 10.3. The van der Waals surface area contributed by atoms with Crippen molar-refractivity contribution < 1.29 is 27.8 Å². The van der Waals surface area contributed by atoms with E-state index in [-0.39, 0.29) is 23.0 Å². The summed E-state index contributed by atoms with van der Waals surface area (Å²) in [6.45, 7) is -0.934. The largest absolute Gasteiger partial charge is 0.482 e. The lowest BCUT2D eigenvalue weighted by Gasteiger charge is -2.19. The highest BCUT2D eigenvalue weighted by atomic mass is 35.5. The molecule has 9 heteroatoms. The minimum atomic E-state index is -4.50. The van der Waals surface area contributed by atoms with E-state index >= 15 is 0 Å². The van der Waals surface area contributed by atoms with Crippen molar-refractivity contribution in [2.75, 3.05) is 25.0 Å². The maximum absolute atomic E-state index is 12.2. The molecule has 1 aliphatic rings. The number of β-amino-alcohol motifs (C(OH)–C–C–N with tert-alkyl or cyclic N) is 1. The van der Waals surface area contributed by atoms with Crippen molar-refractivity contribution >= 4 is 23.3 Å². The second-order valence-corrected chi connectivity index (χ2v) is 5.30. The van der Waals surface area contributed by atoms with Gasteiger partial charge >= 0.3 is 12.2 Å². The molecule has 22 heavy (non-hydrogen) atoms. The van der Waals surface area contributed by atoms with Crippen molar-refractivity contribution in [2.45, 2.75) is 18.7 Å². The van der Waals surface area contributed by atoms with Crippen molar-refractivity contribution in [2.24, 2.45) is 0 Å². The van der Waals surface area contributed by atoms with Gasteiger partial charge in [-0.2, -0.15) is 13.2 Å². The number of anilines is 1. The molecule has 1 saturated heterocycles. The fourth-order valence-corrected chi connectivity index (χ4v) is 2.16. The summed E-state index contributed by atoms with van der Waals surface area (Å²) in [6.07, 6.45) is -4.62. The first-order chi connectivity index (χ1) is 10.2. The molecule has 1 aromatic carbocycles. The van der Waals surface area contributed by atoms with E-state index in [1.165, 1.54) is 23.1 Å². The lowest BCUT2D eigenvalue weighted by molar-refractivity contribution is -0.153. The molecule has 0 radical (unpaired) electrons. The van der Waals surface area contributed by atoms with E-state index in [2.05, 4.69) is 10.1 Å². The number of hydrogen-bond donors (Lipinski definition) is 2. The summed E-state index contributed by atoms with van der Waals surface area (Å²) in [7, 11) is 0. The number of benzene rings is 1. The Morgan fingerprint density at radius 2 is 2.23 bits per heavy atom. The molecule has 122 valence electrons. The van der Waals surface area contributed by atoms with E-state index in [1.54, 1.807) is 0 Å². The molecular weight excluding hydrogens is 325 g/mol. The summed E-state index contributed by atoms with van der Waals surface area (Å²) < 4.78 is 41.4. The number of likely N-dealkylation sites (tertiary alicyclic amines) is 1. The molecule has 5 nitrogen and oxygen atoms in total.